The average molecular weight is 498 g/mol. The van der Waals surface area contributed by atoms with Gasteiger partial charge in [-0.15, -0.1) is 11.3 Å². The van der Waals surface area contributed by atoms with Crippen LogP contribution in [0.4, 0.5) is 4.79 Å². The molecular weight excluding hydrogens is 474 g/mol. The fourth-order valence-corrected chi connectivity index (χ4v) is 3.99. The number of furan rings is 1. The van der Waals surface area contributed by atoms with Crippen molar-refractivity contribution in [2.75, 3.05) is 13.2 Å². The molecule has 3 heterocycles. The third-order valence-electron chi connectivity index (χ3n) is 4.97. The number of aromatic nitrogens is 1. The van der Waals surface area contributed by atoms with Crippen LogP contribution in [0.3, 0.4) is 0 Å². The highest BCUT2D eigenvalue weighted by atomic mass is 32.1. The molecule has 1 aromatic carbocycles. The highest BCUT2D eigenvalue weighted by Gasteiger charge is 2.35. The van der Waals surface area contributed by atoms with Gasteiger partial charge in [0, 0.05) is 5.38 Å². The quantitative estimate of drug-likeness (QED) is 0.429. The fraction of sp³-hybridized carbons (Fsp3) is 0.250. The predicted octanol–water partition coefficient (Wildman–Crippen LogP) is 3.65. The summed E-state index contributed by atoms with van der Waals surface area (Å²) in [5, 5.41) is 8.05. The third kappa shape index (κ3) is 5.87. The number of nitrogens with zero attached hydrogens (tertiary/aromatic N) is 1. The number of carbonyl (C=O) groups is 3. The van der Waals surface area contributed by atoms with E-state index < -0.39 is 24.0 Å². The number of esters is 2. The van der Waals surface area contributed by atoms with Gasteiger partial charge in [-0.2, -0.15) is 0 Å². The summed E-state index contributed by atoms with van der Waals surface area (Å²) in [5.41, 5.74) is 1.32. The second kappa shape index (κ2) is 10.9. The molecule has 0 saturated carbocycles. The van der Waals surface area contributed by atoms with Crippen LogP contribution in [-0.4, -0.2) is 36.2 Å². The van der Waals surface area contributed by atoms with Crippen LogP contribution < -0.4 is 15.4 Å². The standard InChI is InChI=1S/C24H23N3O7S/c1-3-31-23(29)20-18(26-24(30)27-21(20)19-5-4-10-32-19)12-34-22(28)15-6-8-17(9-7-15)33-11-16-13-35-14(2)25-16/h4-10,13,21H,3,11-12H2,1-2H3,(H2,26,27,30). The zero-order valence-corrected chi connectivity index (χ0v) is 19.8. The molecule has 1 aliphatic heterocycles. The topological polar surface area (TPSA) is 129 Å². The Morgan fingerprint density at radius 1 is 1.11 bits per heavy atom. The molecule has 0 bridgehead atoms. The first kappa shape index (κ1) is 24.0. The van der Waals surface area contributed by atoms with Gasteiger partial charge in [0.2, 0.25) is 0 Å². The van der Waals surface area contributed by atoms with Gasteiger partial charge in [-0.25, -0.2) is 19.4 Å². The molecule has 2 aromatic heterocycles. The minimum atomic E-state index is -0.885. The van der Waals surface area contributed by atoms with E-state index >= 15 is 0 Å². The lowest BCUT2D eigenvalue weighted by Crippen LogP contribution is -2.47. The van der Waals surface area contributed by atoms with Gasteiger partial charge < -0.3 is 29.3 Å². The smallest absolute Gasteiger partial charge is 0.338 e. The molecule has 4 rings (SSSR count). The molecule has 1 unspecified atom stereocenters. The molecular formula is C24H23N3O7S. The minimum absolute atomic E-state index is 0.0928. The van der Waals surface area contributed by atoms with E-state index in [1.807, 2.05) is 12.3 Å². The normalized spacial score (nSPS) is 15.3. The van der Waals surface area contributed by atoms with Crippen molar-refractivity contribution in [3.05, 3.63) is 81.3 Å². The van der Waals surface area contributed by atoms with E-state index in [0.29, 0.717) is 18.1 Å². The van der Waals surface area contributed by atoms with Crippen LogP contribution in [0, 0.1) is 6.92 Å². The number of benzene rings is 1. The second-order valence-electron chi connectivity index (χ2n) is 7.41. The number of amides is 2. The maximum absolute atomic E-state index is 12.7. The lowest BCUT2D eigenvalue weighted by molar-refractivity contribution is -0.139. The van der Waals surface area contributed by atoms with E-state index in [-0.39, 0.29) is 30.0 Å². The maximum Gasteiger partial charge on any atom is 0.338 e. The first-order valence-electron chi connectivity index (χ1n) is 10.8. The predicted molar refractivity (Wildman–Crippen MR) is 125 cm³/mol. The number of nitrogens with one attached hydrogen (secondary N) is 2. The average Bonchev–Trinajstić information content (AvgIpc) is 3.53. The van der Waals surface area contributed by atoms with Crippen LogP contribution >= 0.6 is 11.3 Å². The first-order valence-corrected chi connectivity index (χ1v) is 11.6. The Morgan fingerprint density at radius 3 is 2.57 bits per heavy atom. The molecule has 0 spiro atoms. The van der Waals surface area contributed by atoms with Crippen LogP contribution in [0.1, 0.15) is 39.8 Å². The zero-order chi connectivity index (χ0) is 24.8. The Morgan fingerprint density at radius 2 is 1.91 bits per heavy atom. The Balaban J connectivity index is 1.44. The van der Waals surface area contributed by atoms with Gasteiger partial charge in [0.05, 0.1) is 40.4 Å². The van der Waals surface area contributed by atoms with Gasteiger partial charge >= 0.3 is 18.0 Å². The number of aryl methyl sites for hydroxylation is 1. The Labute approximate surface area is 204 Å². The molecule has 11 heteroatoms. The van der Waals surface area contributed by atoms with E-state index in [1.165, 1.54) is 6.26 Å². The van der Waals surface area contributed by atoms with Crippen molar-refractivity contribution < 1.29 is 33.0 Å². The number of hydrogen-bond donors (Lipinski definition) is 2. The highest BCUT2D eigenvalue weighted by molar-refractivity contribution is 7.09. The lowest BCUT2D eigenvalue weighted by Gasteiger charge is -2.27. The Hall–Kier alpha value is -4.12. The van der Waals surface area contributed by atoms with Gasteiger partial charge in [0.15, 0.2) is 0 Å². The highest BCUT2D eigenvalue weighted by Crippen LogP contribution is 2.28. The van der Waals surface area contributed by atoms with Crippen LogP contribution in [-0.2, 0) is 20.9 Å². The van der Waals surface area contributed by atoms with Gasteiger partial charge in [0.1, 0.15) is 30.8 Å². The van der Waals surface area contributed by atoms with Gasteiger partial charge in [-0.05, 0) is 50.2 Å². The summed E-state index contributed by atoms with van der Waals surface area (Å²) in [6, 6.07) is 8.24. The molecule has 182 valence electrons. The molecule has 35 heavy (non-hydrogen) atoms. The zero-order valence-electron chi connectivity index (χ0n) is 19.0. The van der Waals surface area contributed by atoms with E-state index in [0.717, 1.165) is 10.7 Å². The van der Waals surface area contributed by atoms with Gasteiger partial charge in [0.25, 0.3) is 0 Å². The van der Waals surface area contributed by atoms with Gasteiger partial charge in [-0.3, -0.25) is 0 Å². The maximum atomic E-state index is 12.7. The summed E-state index contributed by atoms with van der Waals surface area (Å²) in [6.45, 7) is 3.69. The molecule has 1 aliphatic rings. The number of ether oxygens (including phenoxy) is 3. The summed E-state index contributed by atoms with van der Waals surface area (Å²) >= 11 is 1.55. The molecule has 0 fully saturated rings. The molecule has 3 aromatic rings. The van der Waals surface area contributed by atoms with E-state index in [1.54, 1.807) is 54.7 Å². The Kier molecular flexibility index (Phi) is 7.46. The van der Waals surface area contributed by atoms with Crippen LogP contribution in [0.5, 0.6) is 5.75 Å². The van der Waals surface area contributed by atoms with Crippen molar-refractivity contribution in [1.29, 1.82) is 0 Å². The van der Waals surface area contributed by atoms with Crippen molar-refractivity contribution in [2.45, 2.75) is 26.5 Å². The van der Waals surface area contributed by atoms with Crippen LogP contribution in [0.15, 0.2) is 63.7 Å². The second-order valence-corrected chi connectivity index (χ2v) is 8.47. The molecule has 0 saturated heterocycles. The number of hydrogen-bond acceptors (Lipinski definition) is 9. The van der Waals surface area contributed by atoms with E-state index in [2.05, 4.69) is 15.6 Å². The molecule has 1 atom stereocenters. The molecule has 10 nitrogen and oxygen atoms in total. The number of rotatable bonds is 9. The van der Waals surface area contributed by atoms with Crippen molar-refractivity contribution in [1.82, 2.24) is 15.6 Å². The summed E-state index contributed by atoms with van der Waals surface area (Å²) in [5.74, 6) is -0.379. The van der Waals surface area contributed by atoms with Crippen molar-refractivity contribution in [3.8, 4) is 5.75 Å². The number of urea groups is 1. The van der Waals surface area contributed by atoms with Gasteiger partial charge in [-0.1, -0.05) is 0 Å². The molecule has 0 radical (unpaired) electrons. The number of carbonyl (C=O) groups excluding carboxylic acids is 3. The molecule has 0 aliphatic carbocycles. The van der Waals surface area contributed by atoms with E-state index in [9.17, 15) is 14.4 Å². The third-order valence-corrected chi connectivity index (χ3v) is 5.79. The summed E-state index contributed by atoms with van der Waals surface area (Å²) in [4.78, 5) is 41.8. The molecule has 2 N–H and O–H groups in total. The Bertz CT molecular complexity index is 1230. The van der Waals surface area contributed by atoms with Crippen LogP contribution in [0.2, 0.25) is 0 Å². The largest absolute Gasteiger partial charge is 0.487 e. The summed E-state index contributed by atoms with van der Waals surface area (Å²) in [6.07, 6.45) is 1.43. The fourth-order valence-electron chi connectivity index (χ4n) is 3.39. The van der Waals surface area contributed by atoms with Crippen molar-refractivity contribution >= 4 is 29.3 Å². The monoisotopic (exact) mass is 497 g/mol. The number of thiazole rings is 1. The van der Waals surface area contributed by atoms with Crippen LogP contribution in [0.25, 0.3) is 0 Å². The SMILES string of the molecule is CCOC(=O)C1=C(COC(=O)c2ccc(OCc3csc(C)n3)cc2)NC(=O)NC1c1ccco1. The van der Waals surface area contributed by atoms with E-state index in [4.69, 9.17) is 18.6 Å². The van der Waals surface area contributed by atoms with Crippen molar-refractivity contribution in [3.63, 3.8) is 0 Å². The molecule has 2 amide bonds. The van der Waals surface area contributed by atoms with Crippen molar-refractivity contribution in [2.24, 2.45) is 0 Å². The summed E-state index contributed by atoms with van der Waals surface area (Å²) < 4.78 is 21.6. The minimum Gasteiger partial charge on any atom is -0.487 e. The summed E-state index contributed by atoms with van der Waals surface area (Å²) in [7, 11) is 0. The lowest BCUT2D eigenvalue weighted by atomic mass is 10.0. The first-order chi connectivity index (χ1) is 16.9.